The minimum Gasteiger partial charge on any atom is -0.493 e. The number of pyridine rings is 1. The Kier molecular flexibility index (Phi) is 9.52. The summed E-state index contributed by atoms with van der Waals surface area (Å²) in [7, 11) is 6.05. The highest BCUT2D eigenvalue weighted by molar-refractivity contribution is 5.96. The van der Waals surface area contributed by atoms with Crippen molar-refractivity contribution in [1.29, 1.82) is 5.26 Å². The molecule has 11 heteroatoms. The van der Waals surface area contributed by atoms with E-state index in [-0.39, 0.29) is 24.2 Å². The van der Waals surface area contributed by atoms with Crippen LogP contribution >= 0.6 is 0 Å². The summed E-state index contributed by atoms with van der Waals surface area (Å²) in [5.74, 6) is 1.60. The maximum Gasteiger partial charge on any atom is 0.240 e. The van der Waals surface area contributed by atoms with Gasteiger partial charge in [0.05, 0.1) is 34.9 Å². The number of aliphatic imine (C=N–C) groups is 1. The molecule has 2 rings (SSSR count). The highest BCUT2D eigenvalue weighted by Crippen LogP contribution is 2.28. The van der Waals surface area contributed by atoms with E-state index in [1.807, 2.05) is 27.0 Å². The molecule has 0 aliphatic heterocycles. The number of nitrogens with one attached hydrogen (secondary N) is 3. The fraction of sp³-hybridized carbons (Fsp3) is 0.417. The number of nitriles is 1. The number of guanidine groups is 1. The van der Waals surface area contributed by atoms with Gasteiger partial charge in [0.1, 0.15) is 11.9 Å². The van der Waals surface area contributed by atoms with Gasteiger partial charge in [-0.2, -0.15) is 10.2 Å². The van der Waals surface area contributed by atoms with Gasteiger partial charge in [-0.15, -0.1) is 0 Å². The zero-order chi connectivity index (χ0) is 26.0. The molecule has 0 fully saturated rings. The summed E-state index contributed by atoms with van der Waals surface area (Å²) in [4.78, 5) is 21.7. The van der Waals surface area contributed by atoms with Crippen molar-refractivity contribution < 1.29 is 23.7 Å². The molecule has 0 bridgehead atoms. The van der Waals surface area contributed by atoms with Crippen LogP contribution in [-0.4, -0.2) is 51.5 Å². The first-order chi connectivity index (χ1) is 16.6. The van der Waals surface area contributed by atoms with Gasteiger partial charge in [0.25, 0.3) is 0 Å². The Morgan fingerprint density at radius 3 is 2.34 bits per heavy atom. The minimum absolute atomic E-state index is 0.104. The second kappa shape index (κ2) is 12.3. The predicted molar refractivity (Wildman–Crippen MR) is 132 cm³/mol. The number of rotatable bonds is 9. The second-order valence-electron chi connectivity index (χ2n) is 8.45. The van der Waals surface area contributed by atoms with Gasteiger partial charge in [0, 0.05) is 11.5 Å². The van der Waals surface area contributed by atoms with Crippen LogP contribution in [0.25, 0.3) is 0 Å². The smallest absolute Gasteiger partial charge is 0.240 e. The summed E-state index contributed by atoms with van der Waals surface area (Å²) in [5, 5.41) is 17.7. The number of anilines is 1. The molecule has 1 unspecified atom stereocenters. The van der Waals surface area contributed by atoms with Crippen LogP contribution in [0.2, 0.25) is 0 Å². The monoisotopic (exact) mass is 484 g/mol. The first kappa shape index (κ1) is 27.0. The van der Waals surface area contributed by atoms with Crippen LogP contribution in [-0.2, 0) is 11.2 Å². The summed E-state index contributed by atoms with van der Waals surface area (Å²) in [6.07, 6.45) is 1.29. The first-order valence-corrected chi connectivity index (χ1v) is 10.7. The molecule has 1 atom stereocenters. The quantitative estimate of drug-likeness (QED) is 0.212. The topological polar surface area (TPSA) is 139 Å². The van der Waals surface area contributed by atoms with Crippen molar-refractivity contribution in [2.75, 3.05) is 33.8 Å². The number of aromatic nitrogens is 1. The fourth-order valence-corrected chi connectivity index (χ4v) is 3.02. The van der Waals surface area contributed by atoms with Crippen molar-refractivity contribution in [2.24, 2.45) is 10.4 Å². The third kappa shape index (κ3) is 7.67. The average Bonchev–Trinajstić information content (AvgIpc) is 2.83. The van der Waals surface area contributed by atoms with Crippen LogP contribution in [0.1, 0.15) is 26.3 Å². The molecule has 0 aliphatic rings. The lowest BCUT2D eigenvalue weighted by Gasteiger charge is -2.29. The van der Waals surface area contributed by atoms with Crippen molar-refractivity contribution in [2.45, 2.75) is 33.4 Å². The molecule has 11 nitrogen and oxygen atoms in total. The molecular weight excluding hydrogens is 452 g/mol. The first-order valence-electron chi connectivity index (χ1n) is 10.7. The molecule has 0 spiro atoms. The van der Waals surface area contributed by atoms with Gasteiger partial charge in [0.15, 0.2) is 17.7 Å². The Morgan fingerprint density at radius 1 is 1.06 bits per heavy atom. The molecule has 0 radical (unpaired) electrons. The highest BCUT2D eigenvalue weighted by atomic mass is 16.5. The van der Waals surface area contributed by atoms with Crippen molar-refractivity contribution in [1.82, 2.24) is 15.6 Å². The van der Waals surface area contributed by atoms with Crippen LogP contribution in [0.4, 0.5) is 5.69 Å². The van der Waals surface area contributed by atoms with Gasteiger partial charge in [-0.1, -0.05) is 26.8 Å². The predicted octanol–water partition coefficient (Wildman–Crippen LogP) is 2.69. The molecule has 3 N–H and O–H groups in total. The van der Waals surface area contributed by atoms with Crippen LogP contribution in [0.15, 0.2) is 35.3 Å². The lowest BCUT2D eigenvalue weighted by molar-refractivity contribution is -0.121. The number of nitrogens with zero attached hydrogens (tertiary/aromatic N) is 3. The fourth-order valence-electron chi connectivity index (χ4n) is 3.02. The largest absolute Gasteiger partial charge is 0.493 e. The number of carbonyl (C=O) groups is 1. The summed E-state index contributed by atoms with van der Waals surface area (Å²) in [6.45, 7) is 5.78. The Morgan fingerprint density at radius 2 is 1.77 bits per heavy atom. The number of amides is 1. The van der Waals surface area contributed by atoms with E-state index in [9.17, 15) is 10.1 Å². The standard InChI is InChI=1S/C24H32N6O5/c1-24(2,3)22(28-19(31)13-15-8-10-17(32-4)18(12-15)33-5)30-23(26-14-25)27-16-9-11-20(34-6)29-21(16)35-7/h8-12,22H,13H2,1-7H3,(H,28,31)(H2,26,27,30). The number of carbonyl (C=O) groups excluding carboxylic acids is 1. The van der Waals surface area contributed by atoms with Gasteiger partial charge in [-0.25, -0.2) is 4.99 Å². The van der Waals surface area contributed by atoms with Crippen molar-refractivity contribution in [3.63, 3.8) is 0 Å². The number of ether oxygens (including phenoxy) is 4. The maximum atomic E-state index is 12.9. The van der Waals surface area contributed by atoms with Gasteiger partial charge < -0.3 is 29.6 Å². The van der Waals surface area contributed by atoms with Crippen LogP contribution in [0.3, 0.4) is 0 Å². The summed E-state index contributed by atoms with van der Waals surface area (Å²) in [5.41, 5.74) is 0.734. The van der Waals surface area contributed by atoms with E-state index >= 15 is 0 Å². The van der Waals surface area contributed by atoms with Crippen LogP contribution in [0.5, 0.6) is 23.3 Å². The number of hydrogen-bond acceptors (Lipinski definition) is 8. The maximum absolute atomic E-state index is 12.9. The summed E-state index contributed by atoms with van der Waals surface area (Å²) in [6, 6.07) is 8.61. The summed E-state index contributed by atoms with van der Waals surface area (Å²) >= 11 is 0. The van der Waals surface area contributed by atoms with Gasteiger partial charge >= 0.3 is 0 Å². The molecule has 1 heterocycles. The number of methoxy groups -OCH3 is 4. The highest BCUT2D eigenvalue weighted by Gasteiger charge is 2.27. The molecule has 0 aliphatic carbocycles. The van der Waals surface area contributed by atoms with Crippen molar-refractivity contribution in [3.05, 3.63) is 35.9 Å². The Hall–Kier alpha value is -4.20. The Balaban J connectivity index is 2.27. The molecule has 188 valence electrons. The molecule has 2 aromatic rings. The molecule has 0 saturated heterocycles. The molecule has 0 saturated carbocycles. The molecule has 1 amide bonds. The van der Waals surface area contributed by atoms with Gasteiger partial charge in [-0.3, -0.25) is 10.1 Å². The van der Waals surface area contributed by atoms with E-state index < -0.39 is 11.6 Å². The Bertz CT molecular complexity index is 1090. The number of hydrogen-bond donors (Lipinski definition) is 3. The SMILES string of the molecule is COc1ccc(NC(=NC(NC(=O)Cc2ccc(OC)c(OC)c2)C(C)(C)C)NC#N)c(OC)n1. The summed E-state index contributed by atoms with van der Waals surface area (Å²) < 4.78 is 21.0. The zero-order valence-electron chi connectivity index (χ0n) is 21.1. The van der Waals surface area contributed by atoms with Crippen molar-refractivity contribution in [3.8, 4) is 29.5 Å². The third-order valence-corrected chi connectivity index (χ3v) is 4.85. The molecule has 1 aromatic carbocycles. The molecule has 1 aromatic heterocycles. The van der Waals surface area contributed by atoms with E-state index in [1.165, 1.54) is 21.3 Å². The van der Waals surface area contributed by atoms with E-state index in [2.05, 4.69) is 25.9 Å². The van der Waals surface area contributed by atoms with Crippen molar-refractivity contribution >= 4 is 17.6 Å². The molecular formula is C24H32N6O5. The van der Waals surface area contributed by atoms with E-state index in [4.69, 9.17) is 18.9 Å². The van der Waals surface area contributed by atoms with E-state index in [0.717, 1.165) is 5.56 Å². The average molecular weight is 485 g/mol. The Labute approximate surface area is 205 Å². The zero-order valence-corrected chi connectivity index (χ0v) is 21.1. The van der Waals surface area contributed by atoms with Gasteiger partial charge in [-0.05, 0) is 23.8 Å². The van der Waals surface area contributed by atoms with Gasteiger partial charge in [0.2, 0.25) is 23.6 Å². The molecule has 35 heavy (non-hydrogen) atoms. The van der Waals surface area contributed by atoms with E-state index in [1.54, 1.807) is 37.4 Å². The number of benzene rings is 1. The lowest BCUT2D eigenvalue weighted by Crippen LogP contribution is -2.45. The second-order valence-corrected chi connectivity index (χ2v) is 8.45. The third-order valence-electron chi connectivity index (χ3n) is 4.85. The normalized spacial score (nSPS) is 12.1. The lowest BCUT2D eigenvalue weighted by atomic mass is 9.92. The van der Waals surface area contributed by atoms with Crippen LogP contribution in [0, 0.1) is 16.9 Å². The minimum atomic E-state index is -0.671. The van der Waals surface area contributed by atoms with E-state index in [0.29, 0.717) is 23.1 Å². The van der Waals surface area contributed by atoms with Crippen LogP contribution < -0.4 is 34.9 Å².